The molecule has 0 aromatic heterocycles. The SMILES string of the molecule is COC(=O)c1ccccc1NC(=O)C1C2C=CC(O2)C1C(=O)O. The van der Waals surface area contributed by atoms with Crippen molar-refractivity contribution in [2.45, 2.75) is 12.2 Å². The summed E-state index contributed by atoms with van der Waals surface area (Å²) in [6, 6.07) is 6.39. The highest BCUT2D eigenvalue weighted by Crippen LogP contribution is 2.40. The first-order valence-electron chi connectivity index (χ1n) is 7.07. The van der Waals surface area contributed by atoms with E-state index < -0.39 is 41.9 Å². The third-order valence-electron chi connectivity index (χ3n) is 4.08. The molecule has 1 aromatic rings. The number of hydrogen-bond acceptors (Lipinski definition) is 5. The summed E-state index contributed by atoms with van der Waals surface area (Å²) >= 11 is 0. The zero-order valence-electron chi connectivity index (χ0n) is 12.3. The molecule has 4 atom stereocenters. The van der Waals surface area contributed by atoms with E-state index in [4.69, 9.17) is 4.74 Å². The largest absolute Gasteiger partial charge is 0.481 e. The zero-order chi connectivity index (χ0) is 16.6. The monoisotopic (exact) mass is 317 g/mol. The van der Waals surface area contributed by atoms with Crippen LogP contribution in [-0.4, -0.2) is 42.3 Å². The molecule has 0 spiro atoms. The summed E-state index contributed by atoms with van der Waals surface area (Å²) in [5.41, 5.74) is 0.482. The minimum absolute atomic E-state index is 0.204. The molecule has 7 heteroatoms. The maximum Gasteiger partial charge on any atom is 0.339 e. The Balaban J connectivity index is 1.84. The molecule has 1 amide bonds. The highest BCUT2D eigenvalue weighted by atomic mass is 16.5. The summed E-state index contributed by atoms with van der Waals surface area (Å²) in [5.74, 6) is -3.93. The van der Waals surface area contributed by atoms with Crippen molar-refractivity contribution < 1.29 is 29.0 Å². The van der Waals surface area contributed by atoms with Crippen LogP contribution in [0.1, 0.15) is 10.4 Å². The number of esters is 1. The van der Waals surface area contributed by atoms with Gasteiger partial charge in [-0.25, -0.2) is 4.79 Å². The van der Waals surface area contributed by atoms with Crippen LogP contribution in [0, 0.1) is 11.8 Å². The molecule has 0 saturated carbocycles. The second kappa shape index (κ2) is 5.85. The fraction of sp³-hybridized carbons (Fsp3) is 0.312. The van der Waals surface area contributed by atoms with Gasteiger partial charge in [-0.15, -0.1) is 0 Å². The summed E-state index contributed by atoms with van der Waals surface area (Å²) in [6.45, 7) is 0. The number of ether oxygens (including phenoxy) is 2. The standard InChI is InChI=1S/C16H15NO6/c1-22-16(21)8-4-2-3-5-9(8)17-14(18)12-10-6-7-11(23-10)13(12)15(19)20/h2-7,10-13H,1H3,(H,17,18)(H,19,20). The van der Waals surface area contributed by atoms with Gasteiger partial charge in [0.05, 0.1) is 36.5 Å². The zero-order valence-corrected chi connectivity index (χ0v) is 12.3. The smallest absolute Gasteiger partial charge is 0.339 e. The number of benzene rings is 1. The minimum atomic E-state index is -1.08. The molecule has 7 nitrogen and oxygen atoms in total. The lowest BCUT2D eigenvalue weighted by Crippen LogP contribution is -2.39. The molecule has 23 heavy (non-hydrogen) atoms. The Labute approximate surface area is 131 Å². The first kappa shape index (κ1) is 15.2. The van der Waals surface area contributed by atoms with Crippen molar-refractivity contribution >= 4 is 23.5 Å². The first-order valence-corrected chi connectivity index (χ1v) is 7.07. The van der Waals surface area contributed by atoms with Gasteiger partial charge in [-0.05, 0) is 12.1 Å². The number of carbonyl (C=O) groups is 3. The van der Waals surface area contributed by atoms with Crippen molar-refractivity contribution in [3.63, 3.8) is 0 Å². The van der Waals surface area contributed by atoms with Crippen LogP contribution in [0.4, 0.5) is 5.69 Å². The number of anilines is 1. The Hall–Kier alpha value is -2.67. The van der Waals surface area contributed by atoms with E-state index in [0.29, 0.717) is 0 Å². The minimum Gasteiger partial charge on any atom is -0.481 e. The van der Waals surface area contributed by atoms with Crippen LogP contribution in [0.3, 0.4) is 0 Å². The number of rotatable bonds is 4. The maximum absolute atomic E-state index is 12.5. The topological polar surface area (TPSA) is 102 Å². The lowest BCUT2D eigenvalue weighted by molar-refractivity contribution is -0.145. The lowest BCUT2D eigenvalue weighted by atomic mass is 9.82. The Morgan fingerprint density at radius 3 is 2.43 bits per heavy atom. The molecule has 2 bridgehead atoms. The van der Waals surface area contributed by atoms with Crippen molar-refractivity contribution in [2.75, 3.05) is 12.4 Å². The van der Waals surface area contributed by atoms with Crippen molar-refractivity contribution in [1.82, 2.24) is 0 Å². The highest BCUT2D eigenvalue weighted by Gasteiger charge is 2.53. The average Bonchev–Trinajstić information content (AvgIpc) is 3.15. The van der Waals surface area contributed by atoms with E-state index in [1.54, 1.807) is 30.4 Å². The van der Waals surface area contributed by atoms with Gasteiger partial charge in [-0.2, -0.15) is 0 Å². The van der Waals surface area contributed by atoms with E-state index in [0.717, 1.165) is 0 Å². The fourth-order valence-corrected chi connectivity index (χ4v) is 3.01. The second-order valence-corrected chi connectivity index (χ2v) is 5.37. The average molecular weight is 317 g/mol. The highest BCUT2D eigenvalue weighted by molar-refractivity contribution is 6.03. The van der Waals surface area contributed by atoms with Crippen LogP contribution < -0.4 is 5.32 Å². The van der Waals surface area contributed by atoms with Gasteiger partial charge in [0.25, 0.3) is 0 Å². The number of para-hydroxylation sites is 1. The summed E-state index contributed by atoms with van der Waals surface area (Å²) in [7, 11) is 1.25. The number of amides is 1. The molecule has 2 aliphatic rings. The van der Waals surface area contributed by atoms with E-state index in [9.17, 15) is 19.5 Å². The summed E-state index contributed by atoms with van der Waals surface area (Å²) < 4.78 is 10.1. The predicted molar refractivity (Wildman–Crippen MR) is 78.8 cm³/mol. The number of hydrogen-bond donors (Lipinski definition) is 2. The molecule has 120 valence electrons. The number of nitrogens with one attached hydrogen (secondary N) is 1. The predicted octanol–water partition coefficient (Wildman–Crippen LogP) is 1.07. The molecule has 1 fully saturated rings. The van der Waals surface area contributed by atoms with Crippen molar-refractivity contribution in [2.24, 2.45) is 11.8 Å². The number of carbonyl (C=O) groups excluding carboxylic acids is 2. The first-order chi connectivity index (χ1) is 11.0. The number of carboxylic acids is 1. The second-order valence-electron chi connectivity index (χ2n) is 5.37. The molecule has 2 N–H and O–H groups in total. The molecule has 2 aliphatic heterocycles. The van der Waals surface area contributed by atoms with Crippen molar-refractivity contribution in [3.05, 3.63) is 42.0 Å². The third-order valence-corrected chi connectivity index (χ3v) is 4.08. The summed E-state index contributed by atoms with van der Waals surface area (Å²) in [6.07, 6.45) is 2.20. The van der Waals surface area contributed by atoms with Crippen LogP contribution in [0.15, 0.2) is 36.4 Å². The lowest BCUT2D eigenvalue weighted by Gasteiger charge is -2.21. The number of carboxylic acid groups (broad SMARTS) is 1. The molecule has 3 rings (SSSR count). The molecular formula is C16H15NO6. The summed E-state index contributed by atoms with van der Waals surface area (Å²) in [5, 5.41) is 12.0. The van der Waals surface area contributed by atoms with Gasteiger partial charge < -0.3 is 19.9 Å². The normalized spacial score (nSPS) is 27.7. The number of aliphatic carboxylic acids is 1. The molecule has 1 aromatic carbocycles. The van der Waals surface area contributed by atoms with Crippen LogP contribution in [-0.2, 0) is 19.1 Å². The van der Waals surface area contributed by atoms with E-state index in [1.165, 1.54) is 13.2 Å². The van der Waals surface area contributed by atoms with Crippen LogP contribution >= 0.6 is 0 Å². The maximum atomic E-state index is 12.5. The molecule has 2 heterocycles. The number of fused-ring (bicyclic) bond motifs is 2. The third kappa shape index (κ3) is 2.59. The van der Waals surface area contributed by atoms with E-state index >= 15 is 0 Å². The van der Waals surface area contributed by atoms with Gasteiger partial charge in [0.2, 0.25) is 5.91 Å². The Morgan fingerprint density at radius 1 is 1.13 bits per heavy atom. The Kier molecular flexibility index (Phi) is 3.87. The summed E-state index contributed by atoms with van der Waals surface area (Å²) in [4.78, 5) is 35.7. The Morgan fingerprint density at radius 2 is 1.78 bits per heavy atom. The van der Waals surface area contributed by atoms with Gasteiger partial charge in [-0.3, -0.25) is 9.59 Å². The fourth-order valence-electron chi connectivity index (χ4n) is 3.01. The van der Waals surface area contributed by atoms with Crippen molar-refractivity contribution in [3.8, 4) is 0 Å². The van der Waals surface area contributed by atoms with E-state index in [2.05, 4.69) is 10.1 Å². The van der Waals surface area contributed by atoms with Gasteiger partial charge in [0.15, 0.2) is 0 Å². The van der Waals surface area contributed by atoms with Gasteiger partial charge in [-0.1, -0.05) is 24.3 Å². The molecular weight excluding hydrogens is 302 g/mol. The van der Waals surface area contributed by atoms with Crippen molar-refractivity contribution in [1.29, 1.82) is 0 Å². The van der Waals surface area contributed by atoms with E-state index in [1.807, 2.05) is 0 Å². The molecule has 0 aliphatic carbocycles. The Bertz CT molecular complexity index is 698. The van der Waals surface area contributed by atoms with Crippen LogP contribution in [0.5, 0.6) is 0 Å². The van der Waals surface area contributed by atoms with Gasteiger partial charge in [0, 0.05) is 0 Å². The van der Waals surface area contributed by atoms with Crippen LogP contribution in [0.25, 0.3) is 0 Å². The molecule has 0 radical (unpaired) electrons. The van der Waals surface area contributed by atoms with Gasteiger partial charge in [0.1, 0.15) is 5.92 Å². The molecule has 1 saturated heterocycles. The quantitative estimate of drug-likeness (QED) is 0.636. The van der Waals surface area contributed by atoms with Crippen LogP contribution in [0.2, 0.25) is 0 Å². The molecule has 4 unspecified atom stereocenters. The van der Waals surface area contributed by atoms with E-state index in [-0.39, 0.29) is 11.3 Å². The number of methoxy groups -OCH3 is 1. The van der Waals surface area contributed by atoms with Gasteiger partial charge >= 0.3 is 11.9 Å².